The largest absolute Gasteiger partial charge is 0.490 e. The van der Waals surface area contributed by atoms with Crippen LogP contribution in [0.2, 0.25) is 5.02 Å². The summed E-state index contributed by atoms with van der Waals surface area (Å²) in [6.45, 7) is 2.75. The van der Waals surface area contributed by atoms with E-state index in [1.54, 1.807) is 0 Å². The fraction of sp³-hybridized carbons (Fsp3) is 0.120. The van der Waals surface area contributed by atoms with Crippen molar-refractivity contribution >= 4 is 44.8 Å². The molecule has 0 atom stereocenters. The lowest BCUT2D eigenvalue weighted by molar-refractivity contribution is 0.269. The Kier molecular flexibility index (Phi) is 6.51. The van der Waals surface area contributed by atoms with Crippen molar-refractivity contribution in [2.75, 3.05) is 6.61 Å². The van der Waals surface area contributed by atoms with Gasteiger partial charge in [-0.1, -0.05) is 48.0 Å². The van der Waals surface area contributed by atoms with Crippen LogP contribution in [0.15, 0.2) is 66.7 Å². The van der Waals surface area contributed by atoms with Crippen LogP contribution in [-0.4, -0.2) is 11.6 Å². The minimum atomic E-state index is 0.337. The first-order valence-electron chi connectivity index (χ1n) is 9.78. The molecule has 0 spiro atoms. The number of fused-ring (bicyclic) bond motifs is 1. The van der Waals surface area contributed by atoms with Gasteiger partial charge in [-0.2, -0.15) is 5.26 Å². The first kappa shape index (κ1) is 20.9. The number of halogens is 1. The highest BCUT2D eigenvalue weighted by atomic mass is 35.5. The lowest BCUT2D eigenvalue weighted by Crippen LogP contribution is -2.00. The number of hydrogen-bond donors (Lipinski definition) is 0. The molecule has 1 aromatic heterocycles. The average molecular weight is 447 g/mol. The molecule has 0 bridgehead atoms. The van der Waals surface area contributed by atoms with Crippen molar-refractivity contribution in [1.82, 2.24) is 4.98 Å². The van der Waals surface area contributed by atoms with Crippen LogP contribution < -0.4 is 9.47 Å². The fourth-order valence-electron chi connectivity index (χ4n) is 3.07. The monoisotopic (exact) mass is 446 g/mol. The van der Waals surface area contributed by atoms with E-state index in [0.29, 0.717) is 40.3 Å². The molecule has 0 N–H and O–H groups in total. The van der Waals surface area contributed by atoms with E-state index in [2.05, 4.69) is 11.1 Å². The molecule has 0 aliphatic carbocycles. The van der Waals surface area contributed by atoms with E-state index in [-0.39, 0.29) is 0 Å². The zero-order valence-corrected chi connectivity index (χ0v) is 18.4. The lowest BCUT2D eigenvalue weighted by atomic mass is 10.1. The number of benzene rings is 3. The molecule has 6 heteroatoms. The van der Waals surface area contributed by atoms with Crippen LogP contribution in [0.3, 0.4) is 0 Å². The zero-order chi connectivity index (χ0) is 21.6. The standard InChI is InChI=1S/C25H19ClN2O2S/c1-2-29-23-14-17(11-12-22(23)30-16-18-7-3-4-8-20(18)26)13-19(15-27)25-28-21-9-5-6-10-24(21)31-25/h3-14H,2,16H2,1H3/b19-13+. The van der Waals surface area contributed by atoms with E-state index in [1.165, 1.54) is 11.3 Å². The molecule has 4 aromatic rings. The highest BCUT2D eigenvalue weighted by molar-refractivity contribution is 7.19. The molecule has 1 heterocycles. The molecule has 4 nitrogen and oxygen atoms in total. The Labute approximate surface area is 190 Å². The minimum Gasteiger partial charge on any atom is -0.490 e. The summed E-state index contributed by atoms with van der Waals surface area (Å²) < 4.78 is 12.8. The van der Waals surface area contributed by atoms with Crippen LogP contribution >= 0.6 is 22.9 Å². The van der Waals surface area contributed by atoms with Crippen molar-refractivity contribution in [1.29, 1.82) is 5.26 Å². The normalized spacial score (nSPS) is 11.3. The van der Waals surface area contributed by atoms with E-state index in [4.69, 9.17) is 21.1 Å². The fourth-order valence-corrected chi connectivity index (χ4v) is 4.19. The van der Waals surface area contributed by atoms with Gasteiger partial charge in [0.05, 0.1) is 22.4 Å². The summed E-state index contributed by atoms with van der Waals surface area (Å²) in [5, 5.41) is 11.1. The Morgan fingerprint density at radius 1 is 1.06 bits per heavy atom. The Morgan fingerprint density at radius 3 is 2.65 bits per heavy atom. The number of hydrogen-bond acceptors (Lipinski definition) is 5. The molecule has 0 aliphatic heterocycles. The molecule has 0 fully saturated rings. The van der Waals surface area contributed by atoms with Gasteiger partial charge < -0.3 is 9.47 Å². The van der Waals surface area contributed by atoms with Gasteiger partial charge in [0.1, 0.15) is 17.7 Å². The molecule has 31 heavy (non-hydrogen) atoms. The van der Waals surface area contributed by atoms with E-state index in [0.717, 1.165) is 21.3 Å². The van der Waals surface area contributed by atoms with E-state index >= 15 is 0 Å². The van der Waals surface area contributed by atoms with Crippen molar-refractivity contribution in [3.05, 3.63) is 87.9 Å². The van der Waals surface area contributed by atoms with Crippen molar-refractivity contribution in [3.8, 4) is 17.6 Å². The number of thiazole rings is 1. The molecule has 0 unspecified atom stereocenters. The quantitative estimate of drug-likeness (QED) is 0.287. The predicted molar refractivity (Wildman–Crippen MR) is 126 cm³/mol. The first-order chi connectivity index (χ1) is 15.2. The van der Waals surface area contributed by atoms with Crippen LogP contribution in [0.1, 0.15) is 23.1 Å². The number of nitrogens with zero attached hydrogens (tertiary/aromatic N) is 2. The Morgan fingerprint density at radius 2 is 1.87 bits per heavy atom. The van der Waals surface area contributed by atoms with Crippen LogP contribution in [0.5, 0.6) is 11.5 Å². The number of rotatable bonds is 7. The molecule has 0 amide bonds. The second-order valence-electron chi connectivity index (χ2n) is 6.68. The van der Waals surface area contributed by atoms with Gasteiger partial charge in [0.2, 0.25) is 0 Å². The van der Waals surface area contributed by atoms with Gasteiger partial charge in [0.25, 0.3) is 0 Å². The first-order valence-corrected chi connectivity index (χ1v) is 11.0. The summed E-state index contributed by atoms with van der Waals surface area (Å²) >= 11 is 7.73. The van der Waals surface area contributed by atoms with Gasteiger partial charge in [-0.05, 0) is 48.9 Å². The topological polar surface area (TPSA) is 55.1 Å². The number of para-hydroxylation sites is 1. The van der Waals surface area contributed by atoms with E-state index in [9.17, 15) is 5.26 Å². The maximum absolute atomic E-state index is 9.71. The second-order valence-corrected chi connectivity index (χ2v) is 8.11. The molecule has 0 radical (unpaired) electrons. The summed E-state index contributed by atoms with van der Waals surface area (Å²) in [5.41, 5.74) is 3.14. The molecule has 0 saturated heterocycles. The van der Waals surface area contributed by atoms with Gasteiger partial charge in [0.15, 0.2) is 11.5 Å². The SMILES string of the molecule is CCOc1cc(/C=C(\C#N)c2nc3ccccc3s2)ccc1OCc1ccccc1Cl. The van der Waals surface area contributed by atoms with Gasteiger partial charge >= 0.3 is 0 Å². The number of nitriles is 1. The smallest absolute Gasteiger partial charge is 0.161 e. The molecule has 0 aliphatic rings. The zero-order valence-electron chi connectivity index (χ0n) is 16.8. The van der Waals surface area contributed by atoms with Gasteiger partial charge in [-0.15, -0.1) is 11.3 Å². The van der Waals surface area contributed by atoms with Gasteiger partial charge in [0, 0.05) is 10.6 Å². The summed E-state index contributed by atoms with van der Waals surface area (Å²) in [4.78, 5) is 4.59. The maximum Gasteiger partial charge on any atom is 0.161 e. The third-order valence-electron chi connectivity index (χ3n) is 4.56. The van der Waals surface area contributed by atoms with Crippen molar-refractivity contribution in [2.24, 2.45) is 0 Å². The molecule has 154 valence electrons. The Hall–Kier alpha value is -3.33. The third kappa shape index (κ3) is 4.88. The summed E-state index contributed by atoms with van der Waals surface area (Å²) in [6, 6.07) is 23.3. The van der Waals surface area contributed by atoms with Crippen LogP contribution in [-0.2, 0) is 6.61 Å². The molecular weight excluding hydrogens is 428 g/mol. The maximum atomic E-state index is 9.71. The van der Waals surface area contributed by atoms with Gasteiger partial charge in [-0.3, -0.25) is 0 Å². The lowest BCUT2D eigenvalue weighted by Gasteiger charge is -2.13. The second kappa shape index (κ2) is 9.65. The summed E-state index contributed by atoms with van der Waals surface area (Å²) in [6.07, 6.45) is 1.82. The van der Waals surface area contributed by atoms with Crippen molar-refractivity contribution < 1.29 is 9.47 Å². The Bertz CT molecular complexity index is 1260. The molecule has 0 saturated carbocycles. The molecular formula is C25H19ClN2O2S. The third-order valence-corrected chi connectivity index (χ3v) is 6.00. The Balaban J connectivity index is 1.61. The number of ether oxygens (including phenoxy) is 2. The molecule has 4 rings (SSSR count). The highest BCUT2D eigenvalue weighted by Crippen LogP contribution is 2.33. The number of aromatic nitrogens is 1. The summed E-state index contributed by atoms with van der Waals surface area (Å²) in [7, 11) is 0. The van der Waals surface area contributed by atoms with Crippen molar-refractivity contribution in [2.45, 2.75) is 13.5 Å². The average Bonchev–Trinajstić information content (AvgIpc) is 3.22. The minimum absolute atomic E-state index is 0.337. The van der Waals surface area contributed by atoms with Crippen LogP contribution in [0.25, 0.3) is 21.9 Å². The van der Waals surface area contributed by atoms with Crippen molar-refractivity contribution in [3.63, 3.8) is 0 Å². The van der Waals surface area contributed by atoms with Crippen LogP contribution in [0.4, 0.5) is 0 Å². The van der Waals surface area contributed by atoms with E-state index < -0.39 is 0 Å². The number of allylic oxidation sites excluding steroid dienone is 1. The van der Waals surface area contributed by atoms with Crippen LogP contribution in [0, 0.1) is 11.3 Å². The summed E-state index contributed by atoms with van der Waals surface area (Å²) in [5.74, 6) is 1.24. The molecule has 3 aromatic carbocycles. The van der Waals surface area contributed by atoms with Gasteiger partial charge in [-0.25, -0.2) is 4.98 Å². The van der Waals surface area contributed by atoms with E-state index in [1.807, 2.05) is 79.7 Å². The highest BCUT2D eigenvalue weighted by Gasteiger charge is 2.11. The predicted octanol–water partition coefficient (Wildman–Crippen LogP) is 6.99.